The van der Waals surface area contributed by atoms with E-state index in [1.165, 1.54) is 11.6 Å². The van der Waals surface area contributed by atoms with E-state index in [0.29, 0.717) is 40.7 Å². The average Bonchev–Trinajstić information content (AvgIpc) is 3.25. The van der Waals surface area contributed by atoms with Gasteiger partial charge in [0.15, 0.2) is 17.1 Å². The summed E-state index contributed by atoms with van der Waals surface area (Å²) in [6, 6.07) is 10.9. The number of aromatic nitrogens is 4. The van der Waals surface area contributed by atoms with Crippen molar-refractivity contribution in [2.75, 3.05) is 18.6 Å². The van der Waals surface area contributed by atoms with E-state index in [9.17, 15) is 4.79 Å². The third-order valence-electron chi connectivity index (χ3n) is 4.27. The Bertz CT molecular complexity index is 1190. The largest absolute Gasteiger partial charge is 0.464 e. The van der Waals surface area contributed by atoms with Crippen LogP contribution in [0.4, 0.5) is 11.6 Å². The zero-order chi connectivity index (χ0) is 19.8. The summed E-state index contributed by atoms with van der Waals surface area (Å²) in [7, 11) is 1.30. The molecule has 28 heavy (non-hydrogen) atoms. The van der Waals surface area contributed by atoms with Gasteiger partial charge in [-0.25, -0.2) is 4.79 Å². The second-order valence-corrected chi connectivity index (χ2v) is 6.29. The van der Waals surface area contributed by atoms with Crippen molar-refractivity contribution in [1.29, 1.82) is 0 Å². The Labute approximate surface area is 160 Å². The highest BCUT2D eigenvalue weighted by Gasteiger charge is 2.25. The van der Waals surface area contributed by atoms with Crippen molar-refractivity contribution < 1.29 is 13.9 Å². The van der Waals surface area contributed by atoms with Crippen molar-refractivity contribution in [2.45, 2.75) is 13.3 Å². The number of hydrogen-bond donors (Lipinski definition) is 2. The van der Waals surface area contributed by atoms with Crippen LogP contribution in [0.5, 0.6) is 0 Å². The number of anilines is 2. The van der Waals surface area contributed by atoms with Gasteiger partial charge in [-0.3, -0.25) is 0 Å². The zero-order valence-corrected chi connectivity index (χ0v) is 15.3. The number of nitrogens with zero attached hydrogens (tertiary/aromatic N) is 4. The summed E-state index contributed by atoms with van der Waals surface area (Å²) in [6.07, 6.45) is 0.367. The van der Waals surface area contributed by atoms with Gasteiger partial charge in [0.05, 0.1) is 7.11 Å². The van der Waals surface area contributed by atoms with E-state index in [0.717, 1.165) is 5.56 Å². The van der Waals surface area contributed by atoms with Gasteiger partial charge in [-0.05, 0) is 36.8 Å². The summed E-state index contributed by atoms with van der Waals surface area (Å²) in [5.41, 5.74) is 14.4. The number of rotatable bonds is 4. The fourth-order valence-electron chi connectivity index (χ4n) is 3.04. The van der Waals surface area contributed by atoms with Gasteiger partial charge in [0.1, 0.15) is 5.76 Å². The number of benzene rings is 1. The molecule has 0 aliphatic carbocycles. The van der Waals surface area contributed by atoms with Crippen LogP contribution >= 0.6 is 0 Å². The third-order valence-corrected chi connectivity index (χ3v) is 4.27. The van der Waals surface area contributed by atoms with Gasteiger partial charge in [0.2, 0.25) is 11.8 Å². The first-order valence-corrected chi connectivity index (χ1v) is 8.51. The highest BCUT2D eigenvalue weighted by atomic mass is 16.5. The van der Waals surface area contributed by atoms with Crippen molar-refractivity contribution in [3.8, 4) is 11.6 Å². The molecule has 0 amide bonds. The van der Waals surface area contributed by atoms with Gasteiger partial charge in [0, 0.05) is 17.7 Å². The first kappa shape index (κ1) is 17.5. The van der Waals surface area contributed by atoms with Crippen LogP contribution in [0.3, 0.4) is 0 Å². The first-order valence-electron chi connectivity index (χ1n) is 8.51. The van der Waals surface area contributed by atoms with E-state index in [1.807, 2.05) is 25.1 Å². The molecular weight excluding hydrogens is 360 g/mol. The normalized spacial score (nSPS) is 11.1. The monoisotopic (exact) mass is 378 g/mol. The molecule has 4 N–H and O–H groups in total. The highest BCUT2D eigenvalue weighted by Crippen LogP contribution is 2.26. The molecule has 0 aliphatic heterocycles. The average molecular weight is 378 g/mol. The van der Waals surface area contributed by atoms with E-state index in [-0.39, 0.29) is 11.6 Å². The fourth-order valence-corrected chi connectivity index (χ4v) is 3.04. The van der Waals surface area contributed by atoms with Crippen LogP contribution in [-0.2, 0) is 11.2 Å². The van der Waals surface area contributed by atoms with E-state index < -0.39 is 5.97 Å². The van der Waals surface area contributed by atoms with E-state index in [4.69, 9.17) is 20.6 Å². The summed E-state index contributed by atoms with van der Waals surface area (Å²) < 4.78 is 12.0. The number of carbonyl (C=O) groups excluding carboxylic acids is 1. The standard InChI is InChI=1S/C19H18N6O3/c1-10-6-7-14(28-10)17-23-19(21)22-16-13(9-11-4-3-5-12(20)8-11)15(18(26)27-2)24-25(16)17/h3-8H,9,20H2,1-2H3,(H2,21,22). The Morgan fingerprint density at radius 1 is 1.21 bits per heavy atom. The van der Waals surface area contributed by atoms with Crippen LogP contribution < -0.4 is 11.5 Å². The van der Waals surface area contributed by atoms with Crippen LogP contribution in [0.2, 0.25) is 0 Å². The maximum absolute atomic E-state index is 12.4. The fraction of sp³-hybridized carbons (Fsp3) is 0.158. The van der Waals surface area contributed by atoms with E-state index >= 15 is 0 Å². The molecule has 9 nitrogen and oxygen atoms in total. The molecule has 9 heteroatoms. The second-order valence-electron chi connectivity index (χ2n) is 6.29. The van der Waals surface area contributed by atoms with Gasteiger partial charge < -0.3 is 20.6 Å². The number of ether oxygens (including phenoxy) is 1. The predicted molar refractivity (Wildman–Crippen MR) is 103 cm³/mol. The summed E-state index contributed by atoms with van der Waals surface area (Å²) in [5, 5.41) is 4.40. The summed E-state index contributed by atoms with van der Waals surface area (Å²) in [4.78, 5) is 20.9. The minimum Gasteiger partial charge on any atom is -0.464 e. The van der Waals surface area contributed by atoms with Crippen LogP contribution in [-0.4, -0.2) is 32.7 Å². The molecule has 0 bridgehead atoms. The number of nitrogens with two attached hydrogens (primary N) is 2. The van der Waals surface area contributed by atoms with E-state index in [2.05, 4.69) is 15.1 Å². The first-order chi connectivity index (χ1) is 13.5. The highest BCUT2D eigenvalue weighted by molar-refractivity contribution is 5.91. The number of nitrogen functional groups attached to an aromatic ring is 2. The number of hydrogen-bond acceptors (Lipinski definition) is 8. The van der Waals surface area contributed by atoms with Crippen molar-refractivity contribution >= 4 is 23.3 Å². The molecule has 0 atom stereocenters. The second kappa shape index (κ2) is 6.69. The Morgan fingerprint density at radius 2 is 2.04 bits per heavy atom. The molecule has 0 unspecified atom stereocenters. The SMILES string of the molecule is COC(=O)c1nn2c(-c3ccc(C)o3)nc(N)nc2c1Cc1cccc(N)c1. The quantitative estimate of drug-likeness (QED) is 0.408. The molecule has 1 aromatic carbocycles. The molecule has 3 aromatic heterocycles. The van der Waals surface area contributed by atoms with Gasteiger partial charge in [0.25, 0.3) is 0 Å². The lowest BCUT2D eigenvalue weighted by molar-refractivity contribution is 0.0592. The molecule has 142 valence electrons. The minimum atomic E-state index is -0.579. The lowest BCUT2D eigenvalue weighted by Gasteiger charge is -2.05. The van der Waals surface area contributed by atoms with Crippen LogP contribution in [0, 0.1) is 6.92 Å². The topological polar surface area (TPSA) is 135 Å². The molecular formula is C19H18N6O3. The number of fused-ring (bicyclic) bond motifs is 1. The Hall–Kier alpha value is -3.88. The lowest BCUT2D eigenvalue weighted by atomic mass is 10.0. The maximum Gasteiger partial charge on any atom is 0.358 e. The summed E-state index contributed by atoms with van der Waals surface area (Å²) >= 11 is 0. The predicted octanol–water partition coefficient (Wildman–Crippen LogP) is 2.23. The molecule has 4 rings (SSSR count). The van der Waals surface area contributed by atoms with Crippen LogP contribution in [0.25, 0.3) is 17.2 Å². The smallest absolute Gasteiger partial charge is 0.358 e. The molecule has 0 saturated heterocycles. The number of methoxy groups -OCH3 is 1. The third kappa shape index (κ3) is 3.02. The van der Waals surface area contributed by atoms with Crippen LogP contribution in [0.15, 0.2) is 40.8 Å². The summed E-state index contributed by atoms with van der Waals surface area (Å²) in [5.74, 6) is 0.984. The van der Waals surface area contributed by atoms with Gasteiger partial charge in [-0.2, -0.15) is 19.6 Å². The molecule has 0 aliphatic rings. The zero-order valence-electron chi connectivity index (χ0n) is 15.3. The number of furan rings is 1. The van der Waals surface area contributed by atoms with Crippen molar-refractivity contribution in [2.24, 2.45) is 0 Å². The number of aryl methyl sites for hydroxylation is 1. The van der Waals surface area contributed by atoms with Gasteiger partial charge in [-0.15, -0.1) is 0 Å². The molecule has 4 aromatic rings. The summed E-state index contributed by atoms with van der Waals surface area (Å²) in [6.45, 7) is 1.82. The Morgan fingerprint density at radius 3 is 2.71 bits per heavy atom. The van der Waals surface area contributed by atoms with Crippen LogP contribution in [0.1, 0.15) is 27.4 Å². The Kier molecular flexibility index (Phi) is 4.19. The maximum atomic E-state index is 12.4. The lowest BCUT2D eigenvalue weighted by Crippen LogP contribution is -2.06. The van der Waals surface area contributed by atoms with Crippen molar-refractivity contribution in [1.82, 2.24) is 19.6 Å². The molecule has 0 radical (unpaired) electrons. The van der Waals surface area contributed by atoms with Gasteiger partial charge >= 0.3 is 5.97 Å². The Balaban J connectivity index is 1.96. The van der Waals surface area contributed by atoms with Crippen molar-refractivity contribution in [3.05, 3.63) is 59.0 Å². The van der Waals surface area contributed by atoms with E-state index in [1.54, 1.807) is 18.2 Å². The number of carbonyl (C=O) groups is 1. The molecule has 3 heterocycles. The molecule has 0 saturated carbocycles. The minimum absolute atomic E-state index is 0.0432. The molecule has 0 spiro atoms. The molecule has 0 fully saturated rings. The van der Waals surface area contributed by atoms with Gasteiger partial charge in [-0.1, -0.05) is 12.1 Å². The van der Waals surface area contributed by atoms with Crippen molar-refractivity contribution in [3.63, 3.8) is 0 Å². The number of esters is 1.